The molecule has 0 saturated carbocycles. The van der Waals surface area contributed by atoms with Gasteiger partial charge in [-0.25, -0.2) is 9.78 Å². The molecule has 5 aromatic rings. The number of carbonyl (C=O) groups is 1. The minimum Gasteiger partial charge on any atom is -0.466 e. The standard InChI is InChI=1S/C33H32N6O4/c1-42-32(40)22-43-31-11-9-27-30(36-31)12-14-39(33(27)41)26-7-5-25(6-8-26)38-17-15-37(16-18-38)13-2-3-24-21-35-29-10-4-23(20-34)19-28(24)29/h4-12,14,19,21,35H,2-3,13,15-18,22H2,1H3. The maximum atomic E-state index is 13.2. The van der Waals surface area contributed by atoms with E-state index in [0.29, 0.717) is 16.5 Å². The number of carbonyl (C=O) groups excluding carboxylic acids is 1. The second-order valence-electron chi connectivity index (χ2n) is 10.6. The molecule has 10 nitrogen and oxygen atoms in total. The monoisotopic (exact) mass is 576 g/mol. The molecule has 4 heterocycles. The van der Waals surface area contributed by atoms with Crippen molar-refractivity contribution in [1.82, 2.24) is 19.4 Å². The highest BCUT2D eigenvalue weighted by Crippen LogP contribution is 2.23. The second-order valence-corrected chi connectivity index (χ2v) is 10.6. The molecule has 0 atom stereocenters. The Bertz CT molecular complexity index is 1860. The van der Waals surface area contributed by atoms with Gasteiger partial charge < -0.3 is 19.4 Å². The molecule has 0 bridgehead atoms. The van der Waals surface area contributed by atoms with Crippen molar-refractivity contribution >= 4 is 33.5 Å². The van der Waals surface area contributed by atoms with E-state index < -0.39 is 5.97 Å². The topological polar surface area (TPSA) is 116 Å². The van der Waals surface area contributed by atoms with Crippen molar-refractivity contribution in [2.45, 2.75) is 12.8 Å². The predicted octanol–water partition coefficient (Wildman–Crippen LogP) is 4.05. The highest BCUT2D eigenvalue weighted by molar-refractivity contribution is 5.84. The van der Waals surface area contributed by atoms with Crippen molar-refractivity contribution in [2.75, 3.05) is 51.3 Å². The molecule has 10 heteroatoms. The molecule has 0 spiro atoms. The molecular formula is C33H32N6O4. The molecular weight excluding hydrogens is 544 g/mol. The van der Waals surface area contributed by atoms with Crippen LogP contribution in [-0.4, -0.2) is 71.8 Å². The van der Waals surface area contributed by atoms with Crippen LogP contribution in [0.3, 0.4) is 0 Å². The van der Waals surface area contributed by atoms with Crippen LogP contribution in [0.15, 0.2) is 77.9 Å². The quantitative estimate of drug-likeness (QED) is 0.261. The molecule has 1 N–H and O–H groups in total. The molecule has 0 radical (unpaired) electrons. The molecule has 0 unspecified atom stereocenters. The first kappa shape index (κ1) is 28.0. The molecule has 3 aromatic heterocycles. The Hall–Kier alpha value is -5.14. The first-order valence-corrected chi connectivity index (χ1v) is 14.3. The predicted molar refractivity (Wildman–Crippen MR) is 165 cm³/mol. The number of nitriles is 1. The molecule has 1 aliphatic rings. The van der Waals surface area contributed by atoms with Crippen LogP contribution in [0.5, 0.6) is 5.88 Å². The summed E-state index contributed by atoms with van der Waals surface area (Å²) in [6.45, 7) is 4.67. The van der Waals surface area contributed by atoms with Crippen LogP contribution in [0.1, 0.15) is 17.5 Å². The maximum Gasteiger partial charge on any atom is 0.343 e. The van der Waals surface area contributed by atoms with Gasteiger partial charge in [-0.15, -0.1) is 0 Å². The summed E-state index contributed by atoms with van der Waals surface area (Å²) in [5, 5.41) is 10.8. The van der Waals surface area contributed by atoms with E-state index in [1.54, 1.807) is 29.0 Å². The SMILES string of the molecule is COC(=O)COc1ccc2c(=O)n(-c3ccc(N4CCN(CCCc5c[nH]c6ccc(C#N)cc56)CC4)cc3)ccc2n1. The molecule has 1 aliphatic heterocycles. The Balaban J connectivity index is 1.03. The molecule has 2 aromatic carbocycles. The van der Waals surface area contributed by atoms with Gasteiger partial charge in [0.2, 0.25) is 5.88 Å². The number of ether oxygens (including phenoxy) is 2. The van der Waals surface area contributed by atoms with E-state index in [4.69, 9.17) is 4.74 Å². The number of benzene rings is 2. The van der Waals surface area contributed by atoms with E-state index in [1.807, 2.05) is 30.3 Å². The van der Waals surface area contributed by atoms with E-state index in [9.17, 15) is 14.9 Å². The minimum atomic E-state index is -0.503. The summed E-state index contributed by atoms with van der Waals surface area (Å²) < 4.78 is 11.5. The number of fused-ring (bicyclic) bond motifs is 2. The second kappa shape index (κ2) is 12.4. The summed E-state index contributed by atoms with van der Waals surface area (Å²) in [6.07, 6.45) is 5.81. The number of methoxy groups -OCH3 is 1. The number of aromatic nitrogens is 3. The van der Waals surface area contributed by atoms with Crippen molar-refractivity contribution < 1.29 is 14.3 Å². The zero-order valence-electron chi connectivity index (χ0n) is 24.0. The number of H-pyrrole nitrogens is 1. The number of aromatic amines is 1. The van der Waals surface area contributed by atoms with Crippen molar-refractivity contribution in [1.29, 1.82) is 5.26 Å². The zero-order chi connectivity index (χ0) is 29.8. The highest BCUT2D eigenvalue weighted by Gasteiger charge is 2.18. The highest BCUT2D eigenvalue weighted by atomic mass is 16.6. The fraction of sp³-hybridized carbons (Fsp3) is 0.273. The number of hydrogen-bond acceptors (Lipinski definition) is 8. The fourth-order valence-corrected chi connectivity index (χ4v) is 5.58. The normalized spacial score (nSPS) is 13.7. The lowest BCUT2D eigenvalue weighted by Gasteiger charge is -2.36. The number of hydrogen-bond donors (Lipinski definition) is 1. The number of nitrogens with one attached hydrogen (secondary N) is 1. The fourth-order valence-electron chi connectivity index (χ4n) is 5.58. The summed E-state index contributed by atoms with van der Waals surface area (Å²) in [5.74, 6) is -0.249. The van der Waals surface area contributed by atoms with Crippen molar-refractivity contribution in [2.24, 2.45) is 0 Å². The maximum absolute atomic E-state index is 13.2. The third-order valence-corrected chi connectivity index (χ3v) is 7.98. The van der Waals surface area contributed by atoms with Gasteiger partial charge in [0.25, 0.3) is 5.56 Å². The van der Waals surface area contributed by atoms with Gasteiger partial charge in [-0.2, -0.15) is 5.26 Å². The van der Waals surface area contributed by atoms with Crippen LogP contribution in [-0.2, 0) is 16.0 Å². The van der Waals surface area contributed by atoms with Crippen LogP contribution in [0.25, 0.3) is 27.5 Å². The Morgan fingerprint density at radius 1 is 1.00 bits per heavy atom. The van der Waals surface area contributed by atoms with Crippen LogP contribution in [0.2, 0.25) is 0 Å². The molecule has 1 fully saturated rings. The van der Waals surface area contributed by atoms with Gasteiger partial charge in [-0.1, -0.05) is 0 Å². The van der Waals surface area contributed by atoms with E-state index >= 15 is 0 Å². The summed E-state index contributed by atoms with van der Waals surface area (Å²) in [7, 11) is 1.29. The summed E-state index contributed by atoms with van der Waals surface area (Å²) in [6, 6.07) is 21.1. The first-order chi connectivity index (χ1) is 21.0. The molecule has 1 saturated heterocycles. The van der Waals surface area contributed by atoms with Crippen LogP contribution in [0.4, 0.5) is 5.69 Å². The third-order valence-electron chi connectivity index (χ3n) is 7.98. The van der Waals surface area contributed by atoms with Gasteiger partial charge in [0.15, 0.2) is 6.61 Å². The zero-order valence-corrected chi connectivity index (χ0v) is 24.0. The molecule has 6 rings (SSSR count). The van der Waals surface area contributed by atoms with Gasteiger partial charge in [0.05, 0.1) is 29.6 Å². The third kappa shape index (κ3) is 6.08. The molecule has 43 heavy (non-hydrogen) atoms. The lowest BCUT2D eigenvalue weighted by Crippen LogP contribution is -2.46. The number of rotatable bonds is 9. The largest absolute Gasteiger partial charge is 0.466 e. The van der Waals surface area contributed by atoms with E-state index in [2.05, 4.69) is 48.9 Å². The number of esters is 1. The van der Waals surface area contributed by atoms with Gasteiger partial charge >= 0.3 is 5.97 Å². The van der Waals surface area contributed by atoms with Gasteiger partial charge in [-0.05, 0) is 79.5 Å². The Morgan fingerprint density at radius 2 is 1.79 bits per heavy atom. The Morgan fingerprint density at radius 3 is 2.56 bits per heavy atom. The lowest BCUT2D eigenvalue weighted by molar-refractivity contribution is -0.143. The molecule has 218 valence electrons. The average Bonchev–Trinajstić information content (AvgIpc) is 3.46. The lowest BCUT2D eigenvalue weighted by atomic mass is 10.1. The van der Waals surface area contributed by atoms with Crippen LogP contribution in [0, 0.1) is 11.3 Å². The van der Waals surface area contributed by atoms with E-state index in [1.165, 1.54) is 12.7 Å². The number of anilines is 1. The minimum absolute atomic E-state index is 0.177. The van der Waals surface area contributed by atoms with Crippen molar-refractivity contribution in [3.63, 3.8) is 0 Å². The average molecular weight is 577 g/mol. The van der Waals surface area contributed by atoms with Crippen molar-refractivity contribution in [3.05, 3.63) is 94.5 Å². The molecule has 0 aliphatic carbocycles. The van der Waals surface area contributed by atoms with E-state index in [-0.39, 0.29) is 18.0 Å². The number of pyridine rings is 2. The summed E-state index contributed by atoms with van der Waals surface area (Å²) >= 11 is 0. The smallest absolute Gasteiger partial charge is 0.343 e. The van der Waals surface area contributed by atoms with Crippen LogP contribution < -0.4 is 15.2 Å². The van der Waals surface area contributed by atoms with Gasteiger partial charge in [0, 0.05) is 66.9 Å². The number of piperazine rings is 1. The van der Waals surface area contributed by atoms with Crippen molar-refractivity contribution in [3.8, 4) is 17.6 Å². The molecule has 0 amide bonds. The number of nitrogens with zero attached hydrogens (tertiary/aromatic N) is 5. The Labute approximate surface area is 248 Å². The summed E-state index contributed by atoms with van der Waals surface area (Å²) in [5.41, 5.74) is 5.27. The summed E-state index contributed by atoms with van der Waals surface area (Å²) in [4.78, 5) is 37.1. The Kier molecular flexibility index (Phi) is 8.07. The van der Waals surface area contributed by atoms with Crippen LogP contribution >= 0.6 is 0 Å². The van der Waals surface area contributed by atoms with Gasteiger partial charge in [-0.3, -0.25) is 14.3 Å². The first-order valence-electron chi connectivity index (χ1n) is 14.3. The number of aryl methyl sites for hydroxylation is 1. The van der Waals surface area contributed by atoms with E-state index in [0.717, 1.165) is 67.8 Å². The van der Waals surface area contributed by atoms with Gasteiger partial charge in [0.1, 0.15) is 0 Å².